The van der Waals surface area contributed by atoms with Gasteiger partial charge in [-0.1, -0.05) is 40.2 Å². The molecule has 0 spiro atoms. The SMILES string of the molecule is O=C1NC(=O)N(c2ccc(Br)cc2)C(=O)/C1=C/c1ccc(OCc2ccccc2F)c(I)c1. The number of ether oxygens (including phenoxy) is 1. The fourth-order valence-corrected chi connectivity index (χ4v) is 4.10. The largest absolute Gasteiger partial charge is 0.488 e. The van der Waals surface area contributed by atoms with Crippen molar-refractivity contribution in [2.75, 3.05) is 4.90 Å². The van der Waals surface area contributed by atoms with E-state index in [4.69, 9.17) is 4.74 Å². The molecule has 1 heterocycles. The van der Waals surface area contributed by atoms with E-state index in [0.717, 1.165) is 9.37 Å². The Bertz CT molecular complexity index is 1290. The second-order valence-corrected chi connectivity index (χ2v) is 9.08. The first-order valence-corrected chi connectivity index (χ1v) is 11.5. The predicted octanol–water partition coefficient (Wildman–Crippen LogP) is 5.44. The number of benzene rings is 3. The van der Waals surface area contributed by atoms with Crippen molar-refractivity contribution in [3.63, 3.8) is 0 Å². The molecule has 4 amide bonds. The first-order chi connectivity index (χ1) is 15.8. The van der Waals surface area contributed by atoms with Crippen LogP contribution in [0.3, 0.4) is 0 Å². The molecular weight excluding hydrogens is 606 g/mol. The number of nitrogens with zero attached hydrogens (tertiary/aromatic N) is 1. The normalized spacial score (nSPS) is 15.1. The quantitative estimate of drug-likeness (QED) is 0.234. The Morgan fingerprint density at radius 3 is 2.45 bits per heavy atom. The number of carbonyl (C=O) groups excluding carboxylic acids is 3. The van der Waals surface area contributed by atoms with E-state index < -0.39 is 17.8 Å². The van der Waals surface area contributed by atoms with Crippen molar-refractivity contribution in [3.05, 3.63) is 97.3 Å². The van der Waals surface area contributed by atoms with Gasteiger partial charge in [-0.05, 0) is 76.7 Å². The third-order valence-corrected chi connectivity index (χ3v) is 6.17. The molecule has 1 aliphatic rings. The summed E-state index contributed by atoms with van der Waals surface area (Å²) in [6, 6.07) is 17.2. The van der Waals surface area contributed by atoms with Crippen LogP contribution in [0.15, 0.2) is 76.8 Å². The number of urea groups is 1. The fourth-order valence-electron chi connectivity index (χ4n) is 3.14. The predicted molar refractivity (Wildman–Crippen MR) is 133 cm³/mol. The van der Waals surface area contributed by atoms with Crippen LogP contribution >= 0.6 is 38.5 Å². The summed E-state index contributed by atoms with van der Waals surface area (Å²) in [5.74, 6) is -1.30. The van der Waals surface area contributed by atoms with E-state index in [2.05, 4.69) is 43.8 Å². The maximum Gasteiger partial charge on any atom is 0.335 e. The Kier molecular flexibility index (Phi) is 6.89. The third kappa shape index (κ3) is 5.14. The topological polar surface area (TPSA) is 75.7 Å². The van der Waals surface area contributed by atoms with Gasteiger partial charge in [0.05, 0.1) is 9.26 Å². The van der Waals surface area contributed by atoms with Gasteiger partial charge >= 0.3 is 6.03 Å². The smallest absolute Gasteiger partial charge is 0.335 e. The number of nitrogens with one attached hydrogen (secondary N) is 1. The summed E-state index contributed by atoms with van der Waals surface area (Å²) in [6.07, 6.45) is 1.42. The molecule has 0 atom stereocenters. The number of hydrogen-bond donors (Lipinski definition) is 1. The zero-order valence-corrected chi connectivity index (χ0v) is 20.6. The molecule has 6 nitrogen and oxygen atoms in total. The van der Waals surface area contributed by atoms with Gasteiger partial charge in [-0.15, -0.1) is 0 Å². The first kappa shape index (κ1) is 23.1. The van der Waals surface area contributed by atoms with Crippen molar-refractivity contribution in [1.82, 2.24) is 5.32 Å². The van der Waals surface area contributed by atoms with Crippen LogP contribution in [0.4, 0.5) is 14.9 Å². The van der Waals surface area contributed by atoms with E-state index in [-0.39, 0.29) is 18.0 Å². The molecule has 4 rings (SSSR count). The van der Waals surface area contributed by atoms with E-state index in [1.165, 1.54) is 12.1 Å². The van der Waals surface area contributed by atoms with Crippen LogP contribution < -0.4 is 15.0 Å². The zero-order chi connectivity index (χ0) is 23.5. The molecule has 0 aliphatic carbocycles. The summed E-state index contributed by atoms with van der Waals surface area (Å²) in [6.45, 7) is 0.0638. The number of amides is 4. The van der Waals surface area contributed by atoms with Crippen molar-refractivity contribution in [2.24, 2.45) is 0 Å². The highest BCUT2D eigenvalue weighted by molar-refractivity contribution is 14.1. The highest BCUT2D eigenvalue weighted by Crippen LogP contribution is 2.27. The van der Waals surface area contributed by atoms with Gasteiger partial charge in [0.15, 0.2) is 0 Å². The number of hydrogen-bond acceptors (Lipinski definition) is 4. The van der Waals surface area contributed by atoms with Crippen LogP contribution in [0.1, 0.15) is 11.1 Å². The number of rotatable bonds is 5. The van der Waals surface area contributed by atoms with Gasteiger partial charge in [-0.2, -0.15) is 0 Å². The summed E-state index contributed by atoms with van der Waals surface area (Å²) < 4.78 is 21.0. The van der Waals surface area contributed by atoms with Gasteiger partial charge in [-0.25, -0.2) is 14.1 Å². The van der Waals surface area contributed by atoms with E-state index in [1.807, 2.05) is 0 Å². The Hall–Kier alpha value is -3.05. The van der Waals surface area contributed by atoms with Crippen molar-refractivity contribution < 1.29 is 23.5 Å². The average molecular weight is 621 g/mol. The Morgan fingerprint density at radius 1 is 1.03 bits per heavy atom. The molecule has 9 heteroatoms. The monoisotopic (exact) mass is 620 g/mol. The van der Waals surface area contributed by atoms with Crippen LogP contribution in [-0.2, 0) is 16.2 Å². The minimum atomic E-state index is -0.809. The van der Waals surface area contributed by atoms with Crippen LogP contribution in [0.2, 0.25) is 0 Å². The number of imide groups is 2. The molecule has 1 fully saturated rings. The standard InChI is InChI=1S/C24H15BrFIN2O4/c25-16-6-8-17(9-7-16)29-23(31)18(22(30)28-24(29)32)11-14-5-10-21(20(27)12-14)33-13-15-3-1-2-4-19(15)26/h1-12H,13H2,(H,28,30,32)/b18-11+. The summed E-state index contributed by atoms with van der Waals surface area (Å²) in [7, 11) is 0. The van der Waals surface area contributed by atoms with E-state index in [9.17, 15) is 18.8 Å². The van der Waals surface area contributed by atoms with Gasteiger partial charge < -0.3 is 4.74 Å². The second kappa shape index (κ2) is 9.84. The minimum Gasteiger partial charge on any atom is -0.488 e. The van der Waals surface area contributed by atoms with Gasteiger partial charge in [0.25, 0.3) is 11.8 Å². The first-order valence-electron chi connectivity index (χ1n) is 9.66. The number of anilines is 1. The maximum atomic E-state index is 13.8. The molecule has 0 unspecified atom stereocenters. The molecule has 166 valence electrons. The highest BCUT2D eigenvalue weighted by Gasteiger charge is 2.36. The molecule has 33 heavy (non-hydrogen) atoms. The van der Waals surface area contributed by atoms with Crippen LogP contribution in [0.5, 0.6) is 5.75 Å². The lowest BCUT2D eigenvalue weighted by molar-refractivity contribution is -0.122. The molecule has 3 aromatic carbocycles. The van der Waals surface area contributed by atoms with E-state index >= 15 is 0 Å². The Labute approximate surface area is 210 Å². The lowest BCUT2D eigenvalue weighted by Gasteiger charge is -2.26. The van der Waals surface area contributed by atoms with Crippen LogP contribution in [0, 0.1) is 9.39 Å². The van der Waals surface area contributed by atoms with Crippen LogP contribution in [0.25, 0.3) is 6.08 Å². The molecule has 0 bridgehead atoms. The summed E-state index contributed by atoms with van der Waals surface area (Å²) >= 11 is 5.37. The minimum absolute atomic E-state index is 0.0638. The highest BCUT2D eigenvalue weighted by atomic mass is 127. The van der Waals surface area contributed by atoms with E-state index in [0.29, 0.717) is 26.1 Å². The van der Waals surface area contributed by atoms with Gasteiger partial charge in [0, 0.05) is 10.0 Å². The molecule has 1 N–H and O–H groups in total. The fraction of sp³-hybridized carbons (Fsp3) is 0.0417. The lowest BCUT2D eigenvalue weighted by atomic mass is 10.1. The summed E-state index contributed by atoms with van der Waals surface area (Å²) in [4.78, 5) is 38.6. The molecule has 0 radical (unpaired) electrons. The molecule has 1 aliphatic heterocycles. The summed E-state index contributed by atoms with van der Waals surface area (Å²) in [5.41, 5.74) is 1.17. The molecule has 0 saturated carbocycles. The Morgan fingerprint density at radius 2 is 1.76 bits per heavy atom. The lowest BCUT2D eigenvalue weighted by Crippen LogP contribution is -2.54. The Balaban J connectivity index is 1.57. The number of halogens is 3. The number of barbiturate groups is 1. The molecule has 3 aromatic rings. The van der Waals surface area contributed by atoms with Crippen molar-refractivity contribution in [3.8, 4) is 5.75 Å². The zero-order valence-electron chi connectivity index (χ0n) is 16.8. The third-order valence-electron chi connectivity index (χ3n) is 4.79. The van der Waals surface area contributed by atoms with Crippen molar-refractivity contribution in [2.45, 2.75) is 6.61 Å². The van der Waals surface area contributed by atoms with Gasteiger partial charge in [0.2, 0.25) is 0 Å². The van der Waals surface area contributed by atoms with Gasteiger partial charge in [-0.3, -0.25) is 14.9 Å². The maximum absolute atomic E-state index is 13.8. The average Bonchev–Trinajstić information content (AvgIpc) is 2.78. The molecular formula is C24H15BrFIN2O4. The van der Waals surface area contributed by atoms with Crippen LogP contribution in [-0.4, -0.2) is 17.8 Å². The number of carbonyl (C=O) groups is 3. The second-order valence-electron chi connectivity index (χ2n) is 7.00. The van der Waals surface area contributed by atoms with Crippen molar-refractivity contribution >= 4 is 68.1 Å². The molecule has 1 saturated heterocycles. The summed E-state index contributed by atoms with van der Waals surface area (Å²) in [5, 5.41) is 2.20. The molecule has 0 aromatic heterocycles. The van der Waals surface area contributed by atoms with E-state index in [1.54, 1.807) is 60.7 Å². The van der Waals surface area contributed by atoms with Crippen molar-refractivity contribution in [1.29, 1.82) is 0 Å². The van der Waals surface area contributed by atoms with Gasteiger partial charge in [0.1, 0.15) is 23.7 Å².